The Morgan fingerprint density at radius 1 is 1.33 bits per heavy atom. The highest BCUT2D eigenvalue weighted by molar-refractivity contribution is 7.09. The lowest BCUT2D eigenvalue weighted by Crippen LogP contribution is -2.03. The van der Waals surface area contributed by atoms with Gasteiger partial charge in [0.25, 0.3) is 0 Å². The minimum absolute atomic E-state index is 0.104. The van der Waals surface area contributed by atoms with Crippen molar-refractivity contribution < 1.29 is 4.79 Å². The first kappa shape index (κ1) is 10.1. The van der Waals surface area contributed by atoms with Crippen LogP contribution in [-0.2, 0) is 11.2 Å². The molecule has 0 saturated heterocycles. The van der Waals surface area contributed by atoms with Gasteiger partial charge in [-0.2, -0.15) is 0 Å². The van der Waals surface area contributed by atoms with Crippen molar-refractivity contribution in [2.75, 3.05) is 0 Å². The smallest absolute Gasteiger partial charge is 0.130 e. The van der Waals surface area contributed by atoms with Gasteiger partial charge in [0.2, 0.25) is 0 Å². The SMILES string of the molecule is O=CC(Cc1ccccc1)c1nccs1. The second-order valence-corrected chi connectivity index (χ2v) is 4.23. The molecule has 1 aromatic heterocycles. The number of aldehydes is 1. The van der Waals surface area contributed by atoms with Crippen molar-refractivity contribution in [1.82, 2.24) is 4.98 Å². The predicted octanol–water partition coefficient (Wildman–Crippen LogP) is 2.67. The highest BCUT2D eigenvalue weighted by Crippen LogP contribution is 2.20. The van der Waals surface area contributed by atoms with E-state index in [4.69, 9.17) is 0 Å². The highest BCUT2D eigenvalue weighted by atomic mass is 32.1. The number of rotatable bonds is 4. The Morgan fingerprint density at radius 2 is 2.13 bits per heavy atom. The molecule has 2 aromatic rings. The molecular formula is C12H11NOS. The van der Waals surface area contributed by atoms with Crippen molar-refractivity contribution in [3.8, 4) is 0 Å². The van der Waals surface area contributed by atoms with Gasteiger partial charge in [0.1, 0.15) is 11.3 Å². The van der Waals surface area contributed by atoms with E-state index in [1.807, 2.05) is 35.7 Å². The number of nitrogens with zero attached hydrogens (tertiary/aromatic N) is 1. The van der Waals surface area contributed by atoms with Crippen LogP contribution in [0.3, 0.4) is 0 Å². The first-order valence-corrected chi connectivity index (χ1v) is 5.66. The van der Waals surface area contributed by atoms with E-state index in [1.54, 1.807) is 6.20 Å². The summed E-state index contributed by atoms with van der Waals surface area (Å²) in [7, 11) is 0. The maximum Gasteiger partial charge on any atom is 0.130 e. The number of hydrogen-bond acceptors (Lipinski definition) is 3. The zero-order valence-electron chi connectivity index (χ0n) is 8.17. The molecule has 1 unspecified atom stereocenters. The Morgan fingerprint density at radius 3 is 2.73 bits per heavy atom. The average Bonchev–Trinajstić information content (AvgIpc) is 2.81. The molecular weight excluding hydrogens is 206 g/mol. The summed E-state index contributed by atoms with van der Waals surface area (Å²) in [5.41, 5.74) is 1.17. The molecule has 0 amide bonds. The van der Waals surface area contributed by atoms with Gasteiger partial charge >= 0.3 is 0 Å². The minimum Gasteiger partial charge on any atom is -0.303 e. The molecule has 3 heteroatoms. The molecule has 15 heavy (non-hydrogen) atoms. The third-order valence-electron chi connectivity index (χ3n) is 2.23. The zero-order chi connectivity index (χ0) is 10.5. The average molecular weight is 217 g/mol. The first-order chi connectivity index (χ1) is 7.40. The summed E-state index contributed by atoms with van der Waals surface area (Å²) in [5, 5.41) is 2.80. The minimum atomic E-state index is -0.104. The van der Waals surface area contributed by atoms with Crippen LogP contribution < -0.4 is 0 Å². The lowest BCUT2D eigenvalue weighted by atomic mass is 10.0. The molecule has 0 N–H and O–H groups in total. The van der Waals surface area contributed by atoms with Crippen LogP contribution in [0.5, 0.6) is 0 Å². The maximum atomic E-state index is 11.0. The molecule has 2 rings (SSSR count). The summed E-state index contributed by atoms with van der Waals surface area (Å²) in [6.07, 6.45) is 3.45. The van der Waals surface area contributed by atoms with Gasteiger partial charge in [-0.15, -0.1) is 11.3 Å². The van der Waals surface area contributed by atoms with E-state index in [2.05, 4.69) is 4.98 Å². The fourth-order valence-electron chi connectivity index (χ4n) is 1.48. The Labute approximate surface area is 92.6 Å². The van der Waals surface area contributed by atoms with E-state index in [-0.39, 0.29) is 5.92 Å². The third-order valence-corrected chi connectivity index (χ3v) is 3.14. The number of benzene rings is 1. The molecule has 0 spiro atoms. The zero-order valence-corrected chi connectivity index (χ0v) is 8.98. The van der Waals surface area contributed by atoms with Gasteiger partial charge in [0.05, 0.1) is 5.92 Å². The van der Waals surface area contributed by atoms with E-state index >= 15 is 0 Å². The topological polar surface area (TPSA) is 30.0 Å². The Kier molecular flexibility index (Phi) is 3.25. The molecule has 0 fully saturated rings. The van der Waals surface area contributed by atoms with Crippen molar-refractivity contribution in [3.63, 3.8) is 0 Å². The van der Waals surface area contributed by atoms with Crippen molar-refractivity contribution in [2.45, 2.75) is 12.3 Å². The number of aromatic nitrogens is 1. The lowest BCUT2D eigenvalue weighted by molar-refractivity contribution is -0.109. The summed E-state index contributed by atoms with van der Waals surface area (Å²) >= 11 is 1.53. The van der Waals surface area contributed by atoms with Crippen molar-refractivity contribution in [2.24, 2.45) is 0 Å². The maximum absolute atomic E-state index is 11.0. The summed E-state index contributed by atoms with van der Waals surface area (Å²) in [4.78, 5) is 15.1. The molecule has 1 atom stereocenters. The monoisotopic (exact) mass is 217 g/mol. The molecule has 2 nitrogen and oxygen atoms in total. The Balaban J connectivity index is 2.13. The predicted molar refractivity (Wildman–Crippen MR) is 61.1 cm³/mol. The van der Waals surface area contributed by atoms with E-state index < -0.39 is 0 Å². The highest BCUT2D eigenvalue weighted by Gasteiger charge is 2.13. The van der Waals surface area contributed by atoms with Crippen LogP contribution >= 0.6 is 11.3 Å². The van der Waals surface area contributed by atoms with Crippen molar-refractivity contribution >= 4 is 17.6 Å². The van der Waals surface area contributed by atoms with E-state index in [0.717, 1.165) is 17.7 Å². The molecule has 0 aliphatic heterocycles. The summed E-state index contributed by atoms with van der Waals surface area (Å²) in [6.45, 7) is 0. The normalized spacial score (nSPS) is 12.3. The van der Waals surface area contributed by atoms with Crippen LogP contribution in [0.1, 0.15) is 16.5 Å². The molecule has 0 saturated carbocycles. The van der Waals surface area contributed by atoms with Crippen LogP contribution in [0.25, 0.3) is 0 Å². The molecule has 0 aliphatic rings. The second kappa shape index (κ2) is 4.84. The number of carbonyl (C=O) groups excluding carboxylic acids is 1. The van der Waals surface area contributed by atoms with E-state index in [0.29, 0.717) is 0 Å². The van der Waals surface area contributed by atoms with E-state index in [1.165, 1.54) is 16.9 Å². The summed E-state index contributed by atoms with van der Waals surface area (Å²) in [6, 6.07) is 10.0. The lowest BCUT2D eigenvalue weighted by Gasteiger charge is -2.06. The molecule has 1 aromatic carbocycles. The second-order valence-electron chi connectivity index (χ2n) is 3.30. The Bertz CT molecular complexity index is 410. The third kappa shape index (κ3) is 2.50. The molecule has 1 heterocycles. The van der Waals surface area contributed by atoms with Crippen LogP contribution in [-0.4, -0.2) is 11.3 Å². The van der Waals surface area contributed by atoms with Crippen LogP contribution in [0.2, 0.25) is 0 Å². The van der Waals surface area contributed by atoms with Crippen LogP contribution in [0, 0.1) is 0 Å². The van der Waals surface area contributed by atoms with Crippen molar-refractivity contribution in [3.05, 3.63) is 52.5 Å². The molecule has 76 valence electrons. The molecule has 0 radical (unpaired) electrons. The summed E-state index contributed by atoms with van der Waals surface area (Å²) in [5.74, 6) is -0.104. The van der Waals surface area contributed by atoms with Crippen molar-refractivity contribution in [1.29, 1.82) is 0 Å². The van der Waals surface area contributed by atoms with Gasteiger partial charge in [-0.3, -0.25) is 0 Å². The fourth-order valence-corrected chi connectivity index (χ4v) is 2.18. The number of carbonyl (C=O) groups is 1. The van der Waals surface area contributed by atoms with Gasteiger partial charge < -0.3 is 4.79 Å². The van der Waals surface area contributed by atoms with Gasteiger partial charge in [0, 0.05) is 11.6 Å². The summed E-state index contributed by atoms with van der Waals surface area (Å²) < 4.78 is 0. The largest absolute Gasteiger partial charge is 0.303 e. The first-order valence-electron chi connectivity index (χ1n) is 4.79. The van der Waals surface area contributed by atoms with Gasteiger partial charge in [-0.1, -0.05) is 30.3 Å². The van der Waals surface area contributed by atoms with Crippen LogP contribution in [0.15, 0.2) is 41.9 Å². The van der Waals surface area contributed by atoms with Gasteiger partial charge in [-0.05, 0) is 12.0 Å². The standard InChI is InChI=1S/C12H11NOS/c14-9-11(12-13-6-7-15-12)8-10-4-2-1-3-5-10/h1-7,9,11H,8H2. The molecule has 0 aliphatic carbocycles. The van der Waals surface area contributed by atoms with Gasteiger partial charge in [-0.25, -0.2) is 4.98 Å². The van der Waals surface area contributed by atoms with E-state index in [9.17, 15) is 4.79 Å². The quantitative estimate of drug-likeness (QED) is 0.737. The molecule has 0 bridgehead atoms. The van der Waals surface area contributed by atoms with Crippen LogP contribution in [0.4, 0.5) is 0 Å². The van der Waals surface area contributed by atoms with Gasteiger partial charge in [0.15, 0.2) is 0 Å². The fraction of sp³-hybridized carbons (Fsp3) is 0.167. The number of hydrogen-bond donors (Lipinski definition) is 0. The number of thiazole rings is 1. The Hall–Kier alpha value is -1.48.